The minimum absolute atomic E-state index is 0. The zero-order chi connectivity index (χ0) is 6.85. The zero-order valence-electron chi connectivity index (χ0n) is 5.87. The van der Waals surface area contributed by atoms with Gasteiger partial charge in [0.2, 0.25) is 0 Å². The summed E-state index contributed by atoms with van der Waals surface area (Å²) in [6.07, 6.45) is 2.95. The molecule has 48 valence electrons. The van der Waals surface area contributed by atoms with Crippen LogP contribution in [0.15, 0.2) is 12.4 Å². The molecule has 0 amide bonds. The predicted molar refractivity (Wildman–Crippen MR) is 27.5 cm³/mol. The SMILES string of the molecule is Cn1ccnc1C(=O)[O-].[Na+]. The van der Waals surface area contributed by atoms with Gasteiger partial charge < -0.3 is 14.5 Å². The van der Waals surface area contributed by atoms with Crippen LogP contribution in [0.1, 0.15) is 10.6 Å². The van der Waals surface area contributed by atoms with E-state index in [9.17, 15) is 9.90 Å². The summed E-state index contributed by atoms with van der Waals surface area (Å²) in [6.45, 7) is 0. The molecule has 1 aromatic rings. The summed E-state index contributed by atoms with van der Waals surface area (Å²) in [7, 11) is 1.60. The number of carboxylic acids is 1. The van der Waals surface area contributed by atoms with Crippen LogP contribution in [0.3, 0.4) is 0 Å². The molecule has 0 radical (unpaired) electrons. The van der Waals surface area contributed by atoms with Gasteiger partial charge in [0.15, 0.2) is 5.82 Å². The average molecular weight is 148 g/mol. The first-order valence-electron chi connectivity index (χ1n) is 2.40. The van der Waals surface area contributed by atoms with E-state index in [1.807, 2.05) is 0 Å². The largest absolute Gasteiger partial charge is 1.00 e. The van der Waals surface area contributed by atoms with Gasteiger partial charge in [0.1, 0.15) is 5.97 Å². The second kappa shape index (κ2) is 3.75. The van der Waals surface area contributed by atoms with E-state index in [2.05, 4.69) is 4.98 Å². The number of carbonyl (C=O) groups is 1. The van der Waals surface area contributed by atoms with Crippen molar-refractivity contribution >= 4 is 5.97 Å². The fourth-order valence-corrected chi connectivity index (χ4v) is 0.562. The Morgan fingerprint density at radius 2 is 2.40 bits per heavy atom. The van der Waals surface area contributed by atoms with Crippen molar-refractivity contribution in [1.82, 2.24) is 9.55 Å². The van der Waals surface area contributed by atoms with Gasteiger partial charge in [0.25, 0.3) is 0 Å². The maximum Gasteiger partial charge on any atom is 1.00 e. The van der Waals surface area contributed by atoms with E-state index in [1.54, 1.807) is 13.2 Å². The summed E-state index contributed by atoms with van der Waals surface area (Å²) < 4.78 is 1.38. The van der Waals surface area contributed by atoms with Crippen LogP contribution in [-0.2, 0) is 7.05 Å². The molecule has 0 saturated heterocycles. The summed E-state index contributed by atoms with van der Waals surface area (Å²) in [4.78, 5) is 13.6. The predicted octanol–water partition coefficient (Wildman–Crippen LogP) is -4.21. The molecule has 1 heterocycles. The first-order chi connectivity index (χ1) is 4.22. The van der Waals surface area contributed by atoms with Crippen LogP contribution in [0, 0.1) is 0 Å². The molecule has 5 heteroatoms. The maximum absolute atomic E-state index is 10.1. The number of hydrogen-bond donors (Lipinski definition) is 0. The van der Waals surface area contributed by atoms with E-state index < -0.39 is 5.97 Å². The summed E-state index contributed by atoms with van der Waals surface area (Å²) in [6, 6.07) is 0. The molecule has 0 aliphatic rings. The number of rotatable bonds is 1. The average Bonchev–Trinajstić information content (AvgIpc) is 2.13. The van der Waals surface area contributed by atoms with Crippen molar-refractivity contribution < 1.29 is 39.5 Å². The summed E-state index contributed by atoms with van der Waals surface area (Å²) in [5, 5.41) is 10.1. The minimum atomic E-state index is -1.25. The number of carboxylic acid groups (broad SMARTS) is 1. The first kappa shape index (κ1) is 9.68. The van der Waals surface area contributed by atoms with Crippen molar-refractivity contribution in [3.8, 4) is 0 Å². The molecule has 0 aromatic carbocycles. The number of aromatic carboxylic acids is 1. The van der Waals surface area contributed by atoms with Gasteiger partial charge in [-0.05, 0) is 0 Å². The molecular weight excluding hydrogens is 143 g/mol. The number of carbonyl (C=O) groups excluding carboxylic acids is 1. The Kier molecular flexibility index (Phi) is 3.63. The van der Waals surface area contributed by atoms with Gasteiger partial charge in [-0.25, -0.2) is 4.98 Å². The zero-order valence-corrected chi connectivity index (χ0v) is 7.87. The summed E-state index contributed by atoms with van der Waals surface area (Å²) >= 11 is 0. The van der Waals surface area contributed by atoms with Gasteiger partial charge in [0, 0.05) is 19.4 Å². The Hall–Kier alpha value is -0.320. The quantitative estimate of drug-likeness (QED) is 0.379. The molecule has 0 atom stereocenters. The summed E-state index contributed by atoms with van der Waals surface area (Å²) in [5.41, 5.74) is 0. The van der Waals surface area contributed by atoms with E-state index >= 15 is 0 Å². The third-order valence-corrected chi connectivity index (χ3v) is 1.00. The Morgan fingerprint density at radius 1 is 1.80 bits per heavy atom. The molecular formula is C5H5N2NaO2. The number of hydrogen-bond acceptors (Lipinski definition) is 3. The van der Waals surface area contributed by atoms with Crippen molar-refractivity contribution in [1.29, 1.82) is 0 Å². The molecule has 0 N–H and O–H groups in total. The second-order valence-corrected chi connectivity index (χ2v) is 1.65. The Morgan fingerprint density at radius 3 is 2.60 bits per heavy atom. The van der Waals surface area contributed by atoms with E-state index in [0.29, 0.717) is 0 Å². The molecule has 1 aromatic heterocycles. The van der Waals surface area contributed by atoms with Crippen molar-refractivity contribution in [2.24, 2.45) is 7.05 Å². The molecule has 0 spiro atoms. The van der Waals surface area contributed by atoms with Crippen LogP contribution in [0.5, 0.6) is 0 Å². The van der Waals surface area contributed by atoms with Crippen LogP contribution in [0.2, 0.25) is 0 Å². The molecule has 0 aliphatic carbocycles. The summed E-state index contributed by atoms with van der Waals surface area (Å²) in [5.74, 6) is -1.29. The van der Waals surface area contributed by atoms with Gasteiger partial charge in [-0.2, -0.15) is 0 Å². The van der Waals surface area contributed by atoms with Crippen LogP contribution >= 0.6 is 0 Å². The van der Waals surface area contributed by atoms with E-state index in [0.717, 1.165) is 0 Å². The molecule has 0 unspecified atom stereocenters. The molecule has 0 bridgehead atoms. The molecule has 4 nitrogen and oxygen atoms in total. The number of aromatic nitrogens is 2. The van der Waals surface area contributed by atoms with Crippen molar-refractivity contribution in [2.45, 2.75) is 0 Å². The van der Waals surface area contributed by atoms with E-state index in [1.165, 1.54) is 10.8 Å². The van der Waals surface area contributed by atoms with Gasteiger partial charge in [-0.3, -0.25) is 0 Å². The van der Waals surface area contributed by atoms with Crippen molar-refractivity contribution in [3.05, 3.63) is 18.2 Å². The molecule has 10 heavy (non-hydrogen) atoms. The fourth-order valence-electron chi connectivity index (χ4n) is 0.562. The van der Waals surface area contributed by atoms with Gasteiger partial charge >= 0.3 is 29.6 Å². The molecule has 0 aliphatic heterocycles. The van der Waals surface area contributed by atoms with Crippen LogP contribution in [-0.4, -0.2) is 15.5 Å². The number of aryl methyl sites for hydroxylation is 1. The van der Waals surface area contributed by atoms with E-state index in [4.69, 9.17) is 0 Å². The minimum Gasteiger partial charge on any atom is -0.542 e. The normalized spacial score (nSPS) is 8.50. The van der Waals surface area contributed by atoms with E-state index in [-0.39, 0.29) is 35.4 Å². The topological polar surface area (TPSA) is 58.0 Å². The smallest absolute Gasteiger partial charge is 0.542 e. The Labute approximate surface area is 80.2 Å². The number of nitrogens with zero attached hydrogens (tertiary/aromatic N) is 2. The maximum atomic E-state index is 10.1. The molecule has 0 fully saturated rings. The van der Waals surface area contributed by atoms with Crippen LogP contribution < -0.4 is 34.7 Å². The monoisotopic (exact) mass is 148 g/mol. The number of imidazole rings is 1. The third-order valence-electron chi connectivity index (χ3n) is 1.00. The van der Waals surface area contributed by atoms with Gasteiger partial charge in [-0.15, -0.1) is 0 Å². The Bertz CT molecular complexity index is 233. The fraction of sp³-hybridized carbons (Fsp3) is 0.200. The van der Waals surface area contributed by atoms with Crippen LogP contribution in [0.25, 0.3) is 0 Å². The standard InChI is InChI=1S/C5H6N2O2.Na/c1-7-3-2-6-4(7)5(8)9;/h2-3H,1H3,(H,8,9);/q;+1/p-1. The van der Waals surface area contributed by atoms with Gasteiger partial charge in [0.05, 0.1) is 0 Å². The molecule has 1 rings (SSSR count). The second-order valence-electron chi connectivity index (χ2n) is 1.65. The first-order valence-corrected chi connectivity index (χ1v) is 2.40. The van der Waals surface area contributed by atoms with Crippen molar-refractivity contribution in [3.63, 3.8) is 0 Å². The van der Waals surface area contributed by atoms with Crippen molar-refractivity contribution in [2.75, 3.05) is 0 Å². The van der Waals surface area contributed by atoms with Gasteiger partial charge in [-0.1, -0.05) is 0 Å². The van der Waals surface area contributed by atoms with Crippen LogP contribution in [0.4, 0.5) is 0 Å². The Balaban J connectivity index is 0.000000810. The molecule has 0 saturated carbocycles. The third kappa shape index (κ3) is 1.83.